The van der Waals surface area contributed by atoms with Crippen LogP contribution in [0.5, 0.6) is 5.75 Å². The third-order valence-corrected chi connectivity index (χ3v) is 6.94. The summed E-state index contributed by atoms with van der Waals surface area (Å²) < 4.78 is 11.2. The first-order chi connectivity index (χ1) is 15.9. The van der Waals surface area contributed by atoms with E-state index in [2.05, 4.69) is 44.0 Å². The number of ether oxygens (including phenoxy) is 2. The number of methoxy groups -OCH3 is 1. The van der Waals surface area contributed by atoms with E-state index in [0.29, 0.717) is 32.2 Å². The summed E-state index contributed by atoms with van der Waals surface area (Å²) in [6, 6.07) is 10.2. The van der Waals surface area contributed by atoms with Gasteiger partial charge in [-0.2, -0.15) is 0 Å². The SMILES string of the molecule is C=CCN(CC(=O)N1CCc2sccc2[C@H]1COc1ccc(C(C)C)cc1)C[C@@H](O)COC. The molecule has 0 saturated heterocycles. The molecule has 2 atom stereocenters. The second-order valence-corrected chi connectivity index (χ2v) is 9.78. The van der Waals surface area contributed by atoms with Crippen LogP contribution in [-0.4, -0.2) is 73.4 Å². The molecule has 1 N–H and O–H groups in total. The van der Waals surface area contributed by atoms with Gasteiger partial charge in [-0.3, -0.25) is 9.69 Å². The standard InChI is InChI=1S/C26H36N2O4S/c1-5-12-27(15-21(29)17-31-4)16-26(30)28-13-10-25-23(11-14-33-25)24(28)18-32-22-8-6-20(7-9-22)19(2)3/h5-9,11,14,19,21,24,29H,1,10,12-13,15-18H2,2-4H3/t21-,24-/m1/s1. The molecule has 2 heterocycles. The van der Waals surface area contributed by atoms with Crippen LogP contribution in [0.2, 0.25) is 0 Å². The van der Waals surface area contributed by atoms with Crippen LogP contribution in [0.25, 0.3) is 0 Å². The van der Waals surface area contributed by atoms with Crippen molar-refractivity contribution < 1.29 is 19.4 Å². The van der Waals surface area contributed by atoms with Crippen LogP contribution in [0.15, 0.2) is 48.4 Å². The van der Waals surface area contributed by atoms with Crippen molar-refractivity contribution in [2.45, 2.75) is 38.3 Å². The largest absolute Gasteiger partial charge is 0.491 e. The fraction of sp³-hybridized carbons (Fsp3) is 0.500. The van der Waals surface area contributed by atoms with Gasteiger partial charge in [0.15, 0.2) is 0 Å². The van der Waals surface area contributed by atoms with Gasteiger partial charge in [-0.1, -0.05) is 32.1 Å². The molecular weight excluding hydrogens is 436 g/mol. The average Bonchev–Trinajstić information content (AvgIpc) is 3.27. The van der Waals surface area contributed by atoms with Crippen LogP contribution in [-0.2, 0) is 16.0 Å². The molecule has 0 bridgehead atoms. The van der Waals surface area contributed by atoms with Gasteiger partial charge in [0.05, 0.1) is 25.3 Å². The number of aliphatic hydroxyl groups is 1. The van der Waals surface area contributed by atoms with Crippen molar-refractivity contribution in [3.05, 3.63) is 64.4 Å². The highest BCUT2D eigenvalue weighted by atomic mass is 32.1. The van der Waals surface area contributed by atoms with Crippen molar-refractivity contribution in [1.29, 1.82) is 0 Å². The Morgan fingerprint density at radius 2 is 2.09 bits per heavy atom. The zero-order valence-corrected chi connectivity index (χ0v) is 20.7. The number of hydrogen-bond donors (Lipinski definition) is 1. The zero-order chi connectivity index (χ0) is 23.8. The molecule has 0 aliphatic carbocycles. The Morgan fingerprint density at radius 3 is 2.76 bits per heavy atom. The molecule has 0 spiro atoms. The van der Waals surface area contributed by atoms with Gasteiger partial charge in [0, 0.05) is 31.6 Å². The Kier molecular flexibility index (Phi) is 9.50. The number of benzene rings is 1. The summed E-state index contributed by atoms with van der Waals surface area (Å²) in [5, 5.41) is 12.2. The number of fused-ring (bicyclic) bond motifs is 1. The van der Waals surface area contributed by atoms with Crippen molar-refractivity contribution in [3.8, 4) is 5.75 Å². The van der Waals surface area contributed by atoms with Gasteiger partial charge in [0.25, 0.3) is 0 Å². The van der Waals surface area contributed by atoms with Crippen LogP contribution in [0.3, 0.4) is 0 Å². The lowest BCUT2D eigenvalue weighted by Crippen LogP contribution is -2.48. The van der Waals surface area contributed by atoms with Crippen LogP contribution >= 0.6 is 11.3 Å². The first kappa shape index (κ1) is 25.4. The molecule has 2 aromatic rings. The van der Waals surface area contributed by atoms with E-state index >= 15 is 0 Å². The van der Waals surface area contributed by atoms with Gasteiger partial charge < -0.3 is 19.5 Å². The highest BCUT2D eigenvalue weighted by Crippen LogP contribution is 2.34. The minimum Gasteiger partial charge on any atom is -0.491 e. The maximum Gasteiger partial charge on any atom is 0.237 e. The lowest BCUT2D eigenvalue weighted by molar-refractivity contribution is -0.136. The average molecular weight is 473 g/mol. The van der Waals surface area contributed by atoms with E-state index in [1.807, 2.05) is 21.9 Å². The van der Waals surface area contributed by atoms with E-state index in [4.69, 9.17) is 9.47 Å². The number of aliphatic hydroxyl groups excluding tert-OH is 1. The lowest BCUT2D eigenvalue weighted by atomic mass is 10.00. The molecule has 0 unspecified atom stereocenters. The Morgan fingerprint density at radius 1 is 1.33 bits per heavy atom. The van der Waals surface area contributed by atoms with E-state index in [1.165, 1.54) is 16.0 Å². The van der Waals surface area contributed by atoms with E-state index in [9.17, 15) is 9.90 Å². The lowest BCUT2D eigenvalue weighted by Gasteiger charge is -2.37. The second kappa shape index (κ2) is 12.3. The van der Waals surface area contributed by atoms with E-state index in [1.54, 1.807) is 24.5 Å². The molecule has 0 radical (unpaired) electrons. The normalized spacial score (nSPS) is 16.7. The third-order valence-electron chi connectivity index (χ3n) is 5.94. The molecular formula is C26H36N2O4S. The summed E-state index contributed by atoms with van der Waals surface area (Å²) in [7, 11) is 1.55. The molecule has 1 aliphatic heterocycles. The Labute approximate surface area is 201 Å². The molecule has 1 aliphatic rings. The van der Waals surface area contributed by atoms with Gasteiger partial charge in [0.1, 0.15) is 12.4 Å². The number of thiophene rings is 1. The summed E-state index contributed by atoms with van der Waals surface area (Å²) in [4.78, 5) is 18.5. The topological polar surface area (TPSA) is 62.2 Å². The van der Waals surface area contributed by atoms with Crippen molar-refractivity contribution >= 4 is 17.2 Å². The van der Waals surface area contributed by atoms with Crippen LogP contribution in [0, 0.1) is 0 Å². The number of hydrogen-bond acceptors (Lipinski definition) is 6. The fourth-order valence-electron chi connectivity index (χ4n) is 4.21. The summed E-state index contributed by atoms with van der Waals surface area (Å²) in [6.07, 6.45) is 1.95. The molecule has 1 aromatic carbocycles. The molecule has 0 fully saturated rings. The Hall–Kier alpha value is -2.19. The highest BCUT2D eigenvalue weighted by Gasteiger charge is 2.33. The second-order valence-electron chi connectivity index (χ2n) is 8.78. The summed E-state index contributed by atoms with van der Waals surface area (Å²) in [6.45, 7) is 10.5. The van der Waals surface area contributed by atoms with Crippen molar-refractivity contribution in [2.24, 2.45) is 0 Å². The first-order valence-corrected chi connectivity index (χ1v) is 12.4. The maximum absolute atomic E-state index is 13.4. The highest BCUT2D eigenvalue weighted by molar-refractivity contribution is 7.10. The quantitative estimate of drug-likeness (QED) is 0.475. The molecule has 7 heteroatoms. The molecule has 0 saturated carbocycles. The number of nitrogens with zero attached hydrogens (tertiary/aromatic N) is 2. The predicted octanol–water partition coefficient (Wildman–Crippen LogP) is 3.87. The van der Waals surface area contributed by atoms with Gasteiger partial charge in [-0.15, -0.1) is 17.9 Å². The number of rotatable bonds is 12. The van der Waals surface area contributed by atoms with Crippen LogP contribution in [0.1, 0.15) is 41.8 Å². The summed E-state index contributed by atoms with van der Waals surface area (Å²) >= 11 is 1.74. The van der Waals surface area contributed by atoms with E-state index < -0.39 is 6.10 Å². The number of carbonyl (C=O) groups is 1. The van der Waals surface area contributed by atoms with Gasteiger partial charge in [-0.25, -0.2) is 0 Å². The van der Waals surface area contributed by atoms with Gasteiger partial charge in [0.2, 0.25) is 5.91 Å². The first-order valence-electron chi connectivity index (χ1n) is 11.5. The zero-order valence-electron chi connectivity index (χ0n) is 19.9. The van der Waals surface area contributed by atoms with Gasteiger partial charge >= 0.3 is 0 Å². The van der Waals surface area contributed by atoms with E-state index in [-0.39, 0.29) is 25.1 Å². The minimum absolute atomic E-state index is 0.0297. The minimum atomic E-state index is -0.652. The number of amides is 1. The molecule has 180 valence electrons. The molecule has 1 amide bonds. The Balaban J connectivity index is 1.70. The molecule has 33 heavy (non-hydrogen) atoms. The van der Waals surface area contributed by atoms with Crippen LogP contribution < -0.4 is 4.74 Å². The Bertz CT molecular complexity index is 896. The summed E-state index contributed by atoms with van der Waals surface area (Å²) in [5.41, 5.74) is 2.45. The molecule has 3 rings (SSSR count). The van der Waals surface area contributed by atoms with Gasteiger partial charge in [-0.05, 0) is 47.0 Å². The smallest absolute Gasteiger partial charge is 0.237 e. The summed E-state index contributed by atoms with van der Waals surface area (Å²) in [5.74, 6) is 1.31. The van der Waals surface area contributed by atoms with Crippen LogP contribution in [0.4, 0.5) is 0 Å². The third kappa shape index (κ3) is 6.90. The fourth-order valence-corrected chi connectivity index (χ4v) is 5.14. The molecule has 1 aromatic heterocycles. The van der Waals surface area contributed by atoms with Crippen molar-refractivity contribution in [3.63, 3.8) is 0 Å². The molecule has 6 nitrogen and oxygen atoms in total. The predicted molar refractivity (Wildman–Crippen MR) is 133 cm³/mol. The van der Waals surface area contributed by atoms with E-state index in [0.717, 1.165) is 12.2 Å². The number of carbonyl (C=O) groups excluding carboxylic acids is 1. The van der Waals surface area contributed by atoms with Crippen molar-refractivity contribution in [2.75, 3.05) is 46.5 Å². The van der Waals surface area contributed by atoms with Crippen molar-refractivity contribution in [1.82, 2.24) is 9.80 Å². The maximum atomic E-state index is 13.4. The monoisotopic (exact) mass is 472 g/mol.